The minimum absolute atomic E-state index is 0.0466. The van der Waals surface area contributed by atoms with E-state index in [1.807, 2.05) is 0 Å². The van der Waals surface area contributed by atoms with E-state index in [9.17, 15) is 18.3 Å². The van der Waals surface area contributed by atoms with Crippen LogP contribution in [-0.2, 0) is 9.84 Å². The lowest BCUT2D eigenvalue weighted by Crippen LogP contribution is -2.61. The maximum absolute atomic E-state index is 12.2. The summed E-state index contributed by atoms with van der Waals surface area (Å²) in [6.07, 6.45) is 0. The lowest BCUT2D eigenvalue weighted by molar-refractivity contribution is -0.0670. The first-order chi connectivity index (χ1) is 8.77. The molecule has 1 aromatic rings. The van der Waals surface area contributed by atoms with Gasteiger partial charge in [0, 0.05) is 0 Å². The molecule has 0 aliphatic carbocycles. The molecule has 6 heteroatoms. The highest BCUT2D eigenvalue weighted by molar-refractivity contribution is 7.91. The van der Waals surface area contributed by atoms with Gasteiger partial charge in [-0.25, -0.2) is 8.42 Å². The topological polar surface area (TPSA) is 74.7 Å². The lowest BCUT2D eigenvalue weighted by atomic mass is 9.96. The minimum Gasteiger partial charge on any atom is -0.386 e. The fourth-order valence-electron chi connectivity index (χ4n) is 2.16. The van der Waals surface area contributed by atoms with Crippen molar-refractivity contribution in [2.24, 2.45) is 0 Å². The molecule has 1 heterocycles. The van der Waals surface area contributed by atoms with Crippen molar-refractivity contribution in [1.29, 1.82) is 0 Å². The molecule has 0 saturated carbocycles. The summed E-state index contributed by atoms with van der Waals surface area (Å²) in [6, 6.07) is 6.20. The zero-order valence-corrected chi connectivity index (χ0v) is 11.8. The van der Waals surface area contributed by atoms with Crippen molar-refractivity contribution >= 4 is 15.7 Å². The molecule has 1 N–H and O–H groups in total. The molecule has 1 fully saturated rings. The third-order valence-electron chi connectivity index (χ3n) is 3.18. The summed E-state index contributed by atoms with van der Waals surface area (Å²) in [4.78, 5) is 13.8. The number of aliphatic hydroxyl groups is 1. The van der Waals surface area contributed by atoms with E-state index in [2.05, 4.69) is 0 Å². The molecule has 2 rings (SSSR count). The minimum atomic E-state index is -3.43. The van der Waals surface area contributed by atoms with Crippen LogP contribution in [0, 0.1) is 0 Å². The van der Waals surface area contributed by atoms with E-state index in [1.54, 1.807) is 26.0 Å². The van der Waals surface area contributed by atoms with Crippen molar-refractivity contribution in [3.8, 4) is 0 Å². The van der Waals surface area contributed by atoms with E-state index in [1.165, 1.54) is 17.0 Å². The Kier molecular flexibility index (Phi) is 3.40. The Morgan fingerprint density at radius 1 is 1.37 bits per heavy atom. The largest absolute Gasteiger partial charge is 0.386 e. The molecule has 1 amide bonds. The number of benzene rings is 1. The molecule has 19 heavy (non-hydrogen) atoms. The number of hydrogen-bond donors (Lipinski definition) is 1. The smallest absolute Gasteiger partial charge is 0.255 e. The second-order valence-corrected chi connectivity index (χ2v) is 7.30. The van der Waals surface area contributed by atoms with Crippen LogP contribution in [0.3, 0.4) is 0 Å². The molecule has 0 bridgehead atoms. The van der Waals surface area contributed by atoms with Crippen LogP contribution in [0.5, 0.6) is 0 Å². The third-order valence-corrected chi connectivity index (χ3v) is 4.97. The van der Waals surface area contributed by atoms with Crippen LogP contribution in [0.25, 0.3) is 0 Å². The number of amides is 1. The molecule has 1 aliphatic rings. The Morgan fingerprint density at radius 2 is 1.95 bits per heavy atom. The first kappa shape index (κ1) is 14.0. The molecule has 0 spiro atoms. The lowest BCUT2D eigenvalue weighted by Gasteiger charge is -2.44. The number of nitrogens with zero attached hydrogens (tertiary/aromatic N) is 1. The van der Waals surface area contributed by atoms with Gasteiger partial charge in [-0.15, -0.1) is 0 Å². The average Bonchev–Trinajstić information content (AvgIpc) is 2.35. The molecule has 0 aromatic heterocycles. The predicted molar refractivity (Wildman–Crippen MR) is 70.7 cm³/mol. The van der Waals surface area contributed by atoms with E-state index in [4.69, 9.17) is 0 Å². The third kappa shape index (κ3) is 2.64. The quantitative estimate of drug-likeness (QED) is 0.885. The highest BCUT2D eigenvalue weighted by Crippen LogP contribution is 2.25. The Labute approximate surface area is 112 Å². The van der Waals surface area contributed by atoms with Crippen molar-refractivity contribution in [3.05, 3.63) is 29.8 Å². The van der Waals surface area contributed by atoms with E-state index in [0.717, 1.165) is 0 Å². The molecule has 1 aromatic carbocycles. The van der Waals surface area contributed by atoms with Crippen molar-refractivity contribution < 1.29 is 18.3 Å². The van der Waals surface area contributed by atoms with Gasteiger partial charge in [0.1, 0.15) is 0 Å². The van der Waals surface area contributed by atoms with Gasteiger partial charge in [-0.3, -0.25) is 4.79 Å². The molecular formula is C13H17NO4S. The number of carbonyl (C=O) groups is 1. The van der Waals surface area contributed by atoms with E-state index in [-0.39, 0.29) is 35.2 Å². The van der Waals surface area contributed by atoms with E-state index in [0.29, 0.717) is 0 Å². The summed E-state index contributed by atoms with van der Waals surface area (Å²) in [6.45, 7) is 3.65. The fraction of sp³-hybridized carbons (Fsp3) is 0.462. The number of hydrogen-bond acceptors (Lipinski definition) is 4. The van der Waals surface area contributed by atoms with Crippen LogP contribution in [0.15, 0.2) is 29.2 Å². The highest BCUT2D eigenvalue weighted by Gasteiger charge is 2.40. The second kappa shape index (κ2) is 4.61. The van der Waals surface area contributed by atoms with Gasteiger partial charge in [0.15, 0.2) is 9.84 Å². The van der Waals surface area contributed by atoms with Gasteiger partial charge in [-0.1, -0.05) is 19.1 Å². The molecule has 0 unspecified atom stereocenters. The number of β-amino-alcohol motifs (C(OH)–C–C–N with tert-alkyl or cyclic N) is 1. The molecule has 1 aliphatic heterocycles. The van der Waals surface area contributed by atoms with Gasteiger partial charge in [0.25, 0.3) is 5.91 Å². The van der Waals surface area contributed by atoms with Gasteiger partial charge in [-0.2, -0.15) is 0 Å². The van der Waals surface area contributed by atoms with E-state index < -0.39 is 15.4 Å². The zero-order chi connectivity index (χ0) is 14.3. The molecule has 0 atom stereocenters. The maximum atomic E-state index is 12.2. The standard InChI is InChI=1S/C13H17NO4S/c1-3-19(17,18)11-7-5-4-6-10(11)12(15)14-8-13(2,16)9-14/h4-7,16H,3,8-9H2,1-2H3. The van der Waals surface area contributed by atoms with Crippen LogP contribution in [0.2, 0.25) is 0 Å². The van der Waals surface area contributed by atoms with Gasteiger partial charge >= 0.3 is 0 Å². The summed E-state index contributed by atoms with van der Waals surface area (Å²) >= 11 is 0. The molecule has 0 radical (unpaired) electrons. The Balaban J connectivity index is 2.34. The Hall–Kier alpha value is -1.40. The Bertz CT molecular complexity index is 599. The van der Waals surface area contributed by atoms with Gasteiger partial charge in [0.2, 0.25) is 0 Å². The van der Waals surface area contributed by atoms with Crippen molar-refractivity contribution in [3.63, 3.8) is 0 Å². The van der Waals surface area contributed by atoms with Crippen molar-refractivity contribution in [1.82, 2.24) is 4.90 Å². The average molecular weight is 283 g/mol. The number of sulfone groups is 1. The maximum Gasteiger partial charge on any atom is 0.255 e. The summed E-state index contributed by atoms with van der Waals surface area (Å²) < 4.78 is 23.9. The summed E-state index contributed by atoms with van der Waals surface area (Å²) in [5, 5.41) is 9.64. The predicted octanol–water partition coefficient (Wildman–Crippen LogP) is 0.687. The monoisotopic (exact) mass is 283 g/mol. The summed E-state index contributed by atoms with van der Waals surface area (Å²) in [5.74, 6) is -0.395. The molecule has 104 valence electrons. The Morgan fingerprint density at radius 3 is 2.47 bits per heavy atom. The number of carbonyl (C=O) groups excluding carboxylic acids is 1. The van der Waals surface area contributed by atoms with Gasteiger partial charge in [-0.05, 0) is 19.1 Å². The van der Waals surface area contributed by atoms with Crippen molar-refractivity contribution in [2.75, 3.05) is 18.8 Å². The normalized spacial score (nSPS) is 17.9. The van der Waals surface area contributed by atoms with Gasteiger partial charge in [0.05, 0.1) is 34.9 Å². The van der Waals surface area contributed by atoms with Crippen LogP contribution in [-0.4, -0.2) is 48.8 Å². The summed E-state index contributed by atoms with van der Waals surface area (Å²) in [5.41, 5.74) is -0.686. The first-order valence-corrected chi connectivity index (χ1v) is 7.75. The van der Waals surface area contributed by atoms with Gasteiger partial charge < -0.3 is 10.0 Å². The number of likely N-dealkylation sites (tertiary alicyclic amines) is 1. The summed E-state index contributed by atoms with van der Waals surface area (Å²) in [7, 11) is -3.43. The van der Waals surface area contributed by atoms with Crippen LogP contribution >= 0.6 is 0 Å². The molecule has 5 nitrogen and oxygen atoms in total. The SMILES string of the molecule is CCS(=O)(=O)c1ccccc1C(=O)N1CC(C)(O)C1. The second-order valence-electron chi connectivity index (χ2n) is 5.06. The van der Waals surface area contributed by atoms with Crippen molar-refractivity contribution in [2.45, 2.75) is 24.3 Å². The first-order valence-electron chi connectivity index (χ1n) is 6.10. The van der Waals surface area contributed by atoms with E-state index >= 15 is 0 Å². The molecule has 1 saturated heterocycles. The van der Waals surface area contributed by atoms with Crippen LogP contribution < -0.4 is 0 Å². The number of rotatable bonds is 3. The van der Waals surface area contributed by atoms with Crippen LogP contribution in [0.4, 0.5) is 0 Å². The fourth-order valence-corrected chi connectivity index (χ4v) is 3.25. The van der Waals surface area contributed by atoms with Crippen LogP contribution in [0.1, 0.15) is 24.2 Å². The molecular weight excluding hydrogens is 266 g/mol. The zero-order valence-electron chi connectivity index (χ0n) is 11.0. The highest BCUT2D eigenvalue weighted by atomic mass is 32.2.